The predicted octanol–water partition coefficient (Wildman–Crippen LogP) is 3.56. The smallest absolute Gasteiger partial charge is 0.364 e. The first-order valence-electron chi connectivity index (χ1n) is 8.77. The summed E-state index contributed by atoms with van der Waals surface area (Å²) in [5.74, 6) is 0. The van der Waals surface area contributed by atoms with Gasteiger partial charge in [-0.25, -0.2) is 14.8 Å². The number of urea groups is 1. The number of alkyl halides is 3. The summed E-state index contributed by atoms with van der Waals surface area (Å²) in [5.41, 5.74) is -0.401. The van der Waals surface area contributed by atoms with E-state index in [1.807, 2.05) is 0 Å². The van der Waals surface area contributed by atoms with Gasteiger partial charge in [-0.05, 0) is 37.6 Å². The van der Waals surface area contributed by atoms with Crippen molar-refractivity contribution < 1.29 is 22.7 Å². The van der Waals surface area contributed by atoms with Gasteiger partial charge in [0.05, 0.1) is 36.5 Å². The molecule has 0 aliphatic carbocycles. The van der Waals surface area contributed by atoms with Gasteiger partial charge >= 0.3 is 12.2 Å². The van der Waals surface area contributed by atoms with Crippen LogP contribution in [0.4, 0.5) is 18.0 Å². The molecule has 1 saturated heterocycles. The largest absolute Gasteiger partial charge is 0.416 e. The number of ether oxygens (including phenoxy) is 1. The molecule has 2 heterocycles. The van der Waals surface area contributed by atoms with Crippen LogP contribution >= 0.6 is 0 Å². The number of hydrogen-bond acceptors (Lipinski definition) is 4. The van der Waals surface area contributed by atoms with Gasteiger partial charge in [0.1, 0.15) is 12.4 Å². The Morgan fingerprint density at radius 2 is 2.14 bits per heavy atom. The van der Waals surface area contributed by atoms with Gasteiger partial charge in [0.25, 0.3) is 0 Å². The zero-order valence-corrected chi connectivity index (χ0v) is 15.5. The average Bonchev–Trinajstić information content (AvgIpc) is 2.65. The fourth-order valence-corrected chi connectivity index (χ4v) is 3.13. The number of nitrogens with one attached hydrogen (secondary N) is 1. The Bertz CT molecular complexity index is 827. The molecule has 0 saturated carbocycles. The zero-order valence-electron chi connectivity index (χ0n) is 15.5. The van der Waals surface area contributed by atoms with Crippen LogP contribution in [0.25, 0.3) is 0 Å². The second-order valence-corrected chi connectivity index (χ2v) is 7.23. The molecule has 1 aromatic heterocycles. The molecule has 0 bridgehead atoms. The van der Waals surface area contributed by atoms with Crippen LogP contribution < -0.4 is 5.32 Å². The Kier molecular flexibility index (Phi) is 5.55. The average molecular weight is 394 g/mol. The van der Waals surface area contributed by atoms with E-state index >= 15 is 0 Å². The molecule has 2 amide bonds. The van der Waals surface area contributed by atoms with E-state index in [9.17, 15) is 18.0 Å². The number of hydrogen-bond donors (Lipinski definition) is 1. The van der Waals surface area contributed by atoms with Crippen LogP contribution in [-0.4, -0.2) is 39.6 Å². The summed E-state index contributed by atoms with van der Waals surface area (Å²) in [6.45, 7) is 4.31. The van der Waals surface area contributed by atoms with Crippen molar-refractivity contribution in [2.45, 2.75) is 38.3 Å². The maximum atomic E-state index is 13.0. The summed E-state index contributed by atoms with van der Waals surface area (Å²) in [5, 5.41) is 2.78. The number of benzene rings is 1. The third-order valence-corrected chi connectivity index (χ3v) is 4.36. The summed E-state index contributed by atoms with van der Waals surface area (Å²) in [4.78, 5) is 22.0. The quantitative estimate of drug-likeness (QED) is 0.865. The molecule has 1 fully saturated rings. The lowest BCUT2D eigenvalue weighted by Gasteiger charge is -2.43. The van der Waals surface area contributed by atoms with Gasteiger partial charge in [0.2, 0.25) is 0 Å². The molecule has 6 nitrogen and oxygen atoms in total. The second kappa shape index (κ2) is 7.75. The van der Waals surface area contributed by atoms with Crippen molar-refractivity contribution in [3.63, 3.8) is 0 Å². The maximum absolute atomic E-state index is 13.0. The Balaban J connectivity index is 1.73. The number of nitrogens with zero attached hydrogens (tertiary/aromatic N) is 3. The number of rotatable bonds is 3. The number of halogens is 3. The lowest BCUT2D eigenvalue weighted by Crippen LogP contribution is -2.54. The number of morpholine rings is 1. The lowest BCUT2D eigenvalue weighted by molar-refractivity contribution is -0.138. The van der Waals surface area contributed by atoms with Gasteiger partial charge in [0, 0.05) is 6.20 Å². The first-order chi connectivity index (χ1) is 13.1. The van der Waals surface area contributed by atoms with Crippen LogP contribution in [-0.2, 0) is 17.5 Å². The molecule has 9 heteroatoms. The normalized spacial score (nSPS) is 19.3. The summed E-state index contributed by atoms with van der Waals surface area (Å²) in [6, 6.07) is 6.38. The third-order valence-electron chi connectivity index (χ3n) is 4.36. The molecule has 1 N–H and O–H groups in total. The molecular weight excluding hydrogens is 373 g/mol. The minimum absolute atomic E-state index is 0.153. The van der Waals surface area contributed by atoms with E-state index < -0.39 is 23.4 Å². The van der Waals surface area contributed by atoms with Gasteiger partial charge in [-0.2, -0.15) is 13.2 Å². The number of carbonyl (C=O) groups excluding carboxylic acids is 1. The topological polar surface area (TPSA) is 67.4 Å². The highest BCUT2D eigenvalue weighted by molar-refractivity contribution is 5.74. The highest BCUT2D eigenvalue weighted by Gasteiger charge is 2.37. The van der Waals surface area contributed by atoms with Crippen molar-refractivity contribution in [1.82, 2.24) is 20.2 Å². The second-order valence-electron chi connectivity index (χ2n) is 7.23. The van der Waals surface area contributed by atoms with Gasteiger partial charge < -0.3 is 15.0 Å². The van der Waals surface area contributed by atoms with Crippen LogP contribution in [0, 0.1) is 0 Å². The van der Waals surface area contributed by atoms with E-state index in [2.05, 4.69) is 15.3 Å². The molecule has 3 rings (SSSR count). The van der Waals surface area contributed by atoms with Crippen molar-refractivity contribution in [3.8, 4) is 0 Å². The first-order valence-corrected chi connectivity index (χ1v) is 8.77. The molecule has 0 spiro atoms. The van der Waals surface area contributed by atoms with Crippen LogP contribution in [0.2, 0.25) is 0 Å². The predicted molar refractivity (Wildman–Crippen MR) is 95.2 cm³/mol. The van der Waals surface area contributed by atoms with Crippen molar-refractivity contribution in [2.75, 3.05) is 13.1 Å². The highest BCUT2D eigenvalue weighted by atomic mass is 19.4. The standard InChI is InChI=1S/C19H21F3N4O2/c1-18(2)11-26(17(27)24-9-15-6-7-23-12-25-15)10-16(28-18)13-4-3-5-14(8-13)19(20,21)22/h3-8,12,16H,9-11H2,1-2H3,(H,24,27). The number of amides is 2. The highest BCUT2D eigenvalue weighted by Crippen LogP contribution is 2.35. The van der Waals surface area contributed by atoms with E-state index in [1.165, 1.54) is 12.4 Å². The lowest BCUT2D eigenvalue weighted by atomic mass is 10.00. The summed E-state index contributed by atoms with van der Waals surface area (Å²) < 4.78 is 45.0. The van der Waals surface area contributed by atoms with Crippen molar-refractivity contribution in [3.05, 3.63) is 59.7 Å². The number of aromatic nitrogens is 2. The molecule has 2 aromatic rings. The van der Waals surface area contributed by atoms with E-state index in [1.54, 1.807) is 37.1 Å². The van der Waals surface area contributed by atoms with Crippen molar-refractivity contribution in [1.29, 1.82) is 0 Å². The molecule has 1 aliphatic rings. The van der Waals surface area contributed by atoms with Gasteiger partial charge in [-0.3, -0.25) is 0 Å². The van der Waals surface area contributed by atoms with E-state index in [4.69, 9.17) is 4.74 Å². The summed E-state index contributed by atoms with van der Waals surface area (Å²) in [7, 11) is 0. The van der Waals surface area contributed by atoms with Crippen molar-refractivity contribution >= 4 is 6.03 Å². The third kappa shape index (κ3) is 4.98. The Hall–Kier alpha value is -2.68. The molecule has 1 aromatic carbocycles. The van der Waals surface area contributed by atoms with Gasteiger partial charge in [0.15, 0.2) is 0 Å². The van der Waals surface area contributed by atoms with E-state index in [0.717, 1.165) is 12.1 Å². The number of carbonyl (C=O) groups is 1. The zero-order chi connectivity index (χ0) is 20.4. The van der Waals surface area contributed by atoms with Crippen LogP contribution in [0.15, 0.2) is 42.9 Å². The van der Waals surface area contributed by atoms with E-state index in [0.29, 0.717) is 17.8 Å². The Morgan fingerprint density at radius 3 is 2.82 bits per heavy atom. The fraction of sp³-hybridized carbons (Fsp3) is 0.421. The van der Waals surface area contributed by atoms with Crippen molar-refractivity contribution in [2.24, 2.45) is 0 Å². The molecule has 28 heavy (non-hydrogen) atoms. The van der Waals surface area contributed by atoms with Crippen LogP contribution in [0.5, 0.6) is 0 Å². The van der Waals surface area contributed by atoms with E-state index in [-0.39, 0.29) is 19.1 Å². The minimum atomic E-state index is -4.44. The first kappa shape index (κ1) is 20.1. The SMILES string of the molecule is CC1(C)CN(C(=O)NCc2ccncn2)CC(c2cccc(C(F)(F)F)c2)O1. The fourth-order valence-electron chi connectivity index (χ4n) is 3.13. The molecular formula is C19H21F3N4O2. The summed E-state index contributed by atoms with van der Waals surface area (Å²) in [6.07, 6.45) is -2.12. The molecule has 1 atom stereocenters. The molecule has 0 radical (unpaired) electrons. The minimum Gasteiger partial charge on any atom is -0.364 e. The van der Waals surface area contributed by atoms with Gasteiger partial charge in [-0.1, -0.05) is 12.1 Å². The van der Waals surface area contributed by atoms with Gasteiger partial charge in [-0.15, -0.1) is 0 Å². The molecule has 1 unspecified atom stereocenters. The summed E-state index contributed by atoms with van der Waals surface area (Å²) >= 11 is 0. The van der Waals surface area contributed by atoms with Crippen LogP contribution in [0.1, 0.15) is 36.8 Å². The Morgan fingerprint density at radius 1 is 1.36 bits per heavy atom. The molecule has 150 valence electrons. The molecule has 1 aliphatic heterocycles. The monoisotopic (exact) mass is 394 g/mol. The maximum Gasteiger partial charge on any atom is 0.416 e. The van der Waals surface area contributed by atoms with Crippen LogP contribution in [0.3, 0.4) is 0 Å². The Labute approximate surface area is 160 Å².